The highest BCUT2D eigenvalue weighted by molar-refractivity contribution is 5.97. The molecule has 0 spiro atoms. The van der Waals surface area contributed by atoms with Crippen molar-refractivity contribution in [1.29, 1.82) is 0 Å². The van der Waals surface area contributed by atoms with E-state index in [1.807, 2.05) is 18.2 Å². The van der Waals surface area contributed by atoms with Crippen LogP contribution in [0, 0.1) is 0 Å². The molecule has 1 aliphatic heterocycles. The number of benzene rings is 1. The van der Waals surface area contributed by atoms with Crippen LogP contribution in [0.4, 0.5) is 0 Å². The Bertz CT molecular complexity index is 660. The fraction of sp³-hybridized carbons (Fsp3) is 0.556. The summed E-state index contributed by atoms with van der Waals surface area (Å²) in [5.41, 5.74) is 2.47. The summed E-state index contributed by atoms with van der Waals surface area (Å²) in [6, 6.07) is 5.55. The third kappa shape index (κ3) is 4.55. The van der Waals surface area contributed by atoms with E-state index in [2.05, 4.69) is 32.1 Å². The number of aromatic amines is 1. The van der Waals surface area contributed by atoms with Gasteiger partial charge < -0.3 is 20.1 Å². The van der Waals surface area contributed by atoms with Crippen LogP contribution in [0.2, 0.25) is 0 Å². The zero-order valence-electron chi connectivity index (χ0n) is 14.4. The van der Waals surface area contributed by atoms with Gasteiger partial charge in [-0.1, -0.05) is 6.42 Å². The Hall–Kier alpha value is -1.92. The molecule has 2 N–H and O–H groups in total. The van der Waals surface area contributed by atoms with Crippen molar-refractivity contribution in [2.24, 2.45) is 0 Å². The minimum Gasteiger partial charge on any atom is -0.352 e. The van der Waals surface area contributed by atoms with Crippen LogP contribution in [0.15, 0.2) is 24.5 Å². The molecule has 6 nitrogen and oxygen atoms in total. The van der Waals surface area contributed by atoms with Crippen LogP contribution in [0.1, 0.15) is 29.6 Å². The molecule has 0 bridgehead atoms. The summed E-state index contributed by atoms with van der Waals surface area (Å²) in [4.78, 5) is 24.3. The van der Waals surface area contributed by atoms with Gasteiger partial charge in [0.2, 0.25) is 0 Å². The van der Waals surface area contributed by atoms with Crippen molar-refractivity contribution < 1.29 is 4.79 Å². The third-order valence-electron chi connectivity index (χ3n) is 4.72. The highest BCUT2D eigenvalue weighted by Gasteiger charge is 2.12. The average Bonchev–Trinajstić information content (AvgIpc) is 3.07. The third-order valence-corrected chi connectivity index (χ3v) is 4.72. The number of carbonyl (C=O) groups is 1. The van der Waals surface area contributed by atoms with Crippen molar-refractivity contribution >= 4 is 16.9 Å². The lowest BCUT2D eigenvalue weighted by molar-refractivity contribution is 0.0953. The fourth-order valence-corrected chi connectivity index (χ4v) is 3.09. The summed E-state index contributed by atoms with van der Waals surface area (Å²) in [7, 11) is 2.18. The largest absolute Gasteiger partial charge is 0.352 e. The number of rotatable bonds is 7. The summed E-state index contributed by atoms with van der Waals surface area (Å²) < 4.78 is 0. The summed E-state index contributed by atoms with van der Waals surface area (Å²) in [6.45, 7) is 6.64. The maximum absolute atomic E-state index is 12.2. The number of imidazole rings is 1. The number of fused-ring (bicyclic) bond motifs is 1. The zero-order valence-corrected chi connectivity index (χ0v) is 14.4. The number of aromatic nitrogens is 2. The molecule has 0 atom stereocenters. The number of H-pyrrole nitrogens is 1. The van der Waals surface area contributed by atoms with E-state index >= 15 is 0 Å². The standard InChI is InChI=1S/C18H27N5O/c1-22-9-11-23(12-10-22)8-4-2-3-7-19-18(24)15-5-6-16-17(13-15)21-14-20-16/h5-6,13-14H,2-4,7-12H2,1H3,(H,19,24)(H,20,21). The van der Waals surface area contributed by atoms with Crippen molar-refractivity contribution in [3.8, 4) is 0 Å². The van der Waals surface area contributed by atoms with Crippen LogP contribution in [-0.4, -0.2) is 72.0 Å². The topological polar surface area (TPSA) is 64.3 Å². The van der Waals surface area contributed by atoms with Gasteiger partial charge >= 0.3 is 0 Å². The molecule has 0 aliphatic carbocycles. The van der Waals surface area contributed by atoms with Gasteiger partial charge in [0.15, 0.2) is 0 Å². The number of hydrogen-bond donors (Lipinski definition) is 2. The van der Waals surface area contributed by atoms with Gasteiger partial charge in [-0.2, -0.15) is 0 Å². The molecule has 24 heavy (non-hydrogen) atoms. The maximum atomic E-state index is 12.2. The van der Waals surface area contributed by atoms with Gasteiger partial charge in [0.05, 0.1) is 17.4 Å². The van der Waals surface area contributed by atoms with Crippen LogP contribution in [0.25, 0.3) is 11.0 Å². The van der Waals surface area contributed by atoms with Crippen LogP contribution in [-0.2, 0) is 0 Å². The monoisotopic (exact) mass is 329 g/mol. The molecule has 0 unspecified atom stereocenters. The Morgan fingerprint density at radius 3 is 2.88 bits per heavy atom. The quantitative estimate of drug-likeness (QED) is 0.759. The molecule has 1 amide bonds. The van der Waals surface area contributed by atoms with Crippen molar-refractivity contribution in [3.05, 3.63) is 30.1 Å². The van der Waals surface area contributed by atoms with Gasteiger partial charge in [-0.25, -0.2) is 4.98 Å². The lowest BCUT2D eigenvalue weighted by atomic mass is 10.1. The van der Waals surface area contributed by atoms with E-state index in [1.54, 1.807) is 6.33 Å². The van der Waals surface area contributed by atoms with E-state index in [9.17, 15) is 4.79 Å². The normalized spacial score (nSPS) is 16.5. The highest BCUT2D eigenvalue weighted by Crippen LogP contribution is 2.11. The molecular formula is C18H27N5O. The lowest BCUT2D eigenvalue weighted by Gasteiger charge is -2.32. The smallest absolute Gasteiger partial charge is 0.251 e. The Kier molecular flexibility index (Phi) is 5.82. The second-order valence-corrected chi connectivity index (χ2v) is 6.60. The minimum absolute atomic E-state index is 0.00873. The first-order valence-corrected chi connectivity index (χ1v) is 8.84. The molecule has 6 heteroatoms. The second-order valence-electron chi connectivity index (χ2n) is 6.60. The molecule has 3 rings (SSSR count). The predicted octanol–water partition coefficient (Wildman–Crippen LogP) is 1.71. The molecule has 1 aromatic carbocycles. The first-order chi connectivity index (χ1) is 11.7. The molecule has 2 aromatic rings. The SMILES string of the molecule is CN1CCN(CCCCCNC(=O)c2ccc3nc[nH]c3c2)CC1. The van der Waals surface area contributed by atoms with Crippen molar-refractivity contribution in [3.63, 3.8) is 0 Å². The van der Waals surface area contributed by atoms with E-state index < -0.39 is 0 Å². The average molecular weight is 329 g/mol. The van der Waals surface area contributed by atoms with Gasteiger partial charge in [-0.3, -0.25) is 4.79 Å². The molecule has 1 aliphatic rings. The van der Waals surface area contributed by atoms with Crippen LogP contribution < -0.4 is 5.32 Å². The molecule has 2 heterocycles. The summed E-state index contributed by atoms with van der Waals surface area (Å²) in [5, 5.41) is 3.01. The van der Waals surface area contributed by atoms with Gasteiger partial charge in [0.1, 0.15) is 0 Å². The molecule has 130 valence electrons. The van der Waals surface area contributed by atoms with E-state index in [-0.39, 0.29) is 5.91 Å². The lowest BCUT2D eigenvalue weighted by Crippen LogP contribution is -2.44. The number of hydrogen-bond acceptors (Lipinski definition) is 4. The Labute approximate surface area is 143 Å². The van der Waals surface area contributed by atoms with E-state index in [0.717, 1.165) is 30.4 Å². The van der Waals surface area contributed by atoms with Gasteiger partial charge in [0, 0.05) is 38.3 Å². The van der Waals surface area contributed by atoms with E-state index in [0.29, 0.717) is 5.56 Å². The molecule has 0 radical (unpaired) electrons. The Morgan fingerprint density at radius 1 is 1.21 bits per heavy atom. The van der Waals surface area contributed by atoms with Crippen LogP contribution in [0.5, 0.6) is 0 Å². The number of nitrogens with zero attached hydrogens (tertiary/aromatic N) is 3. The van der Waals surface area contributed by atoms with Crippen molar-refractivity contribution in [1.82, 2.24) is 25.1 Å². The van der Waals surface area contributed by atoms with Crippen molar-refractivity contribution in [2.45, 2.75) is 19.3 Å². The number of carbonyl (C=O) groups excluding carboxylic acids is 1. The maximum Gasteiger partial charge on any atom is 0.251 e. The predicted molar refractivity (Wildman–Crippen MR) is 96.2 cm³/mol. The Morgan fingerprint density at radius 2 is 2.04 bits per heavy atom. The summed E-state index contributed by atoms with van der Waals surface area (Å²) in [5.74, 6) is -0.00873. The first-order valence-electron chi connectivity index (χ1n) is 8.84. The molecule has 1 aromatic heterocycles. The number of unbranched alkanes of at least 4 members (excludes halogenated alkanes) is 2. The number of amides is 1. The first kappa shape index (κ1) is 16.9. The van der Waals surface area contributed by atoms with Gasteiger partial charge in [0.25, 0.3) is 5.91 Å². The van der Waals surface area contributed by atoms with E-state index in [4.69, 9.17) is 0 Å². The summed E-state index contributed by atoms with van der Waals surface area (Å²) >= 11 is 0. The highest BCUT2D eigenvalue weighted by atomic mass is 16.1. The van der Waals surface area contributed by atoms with Gasteiger partial charge in [-0.15, -0.1) is 0 Å². The molecule has 1 fully saturated rings. The molecule has 1 saturated heterocycles. The summed E-state index contributed by atoms with van der Waals surface area (Å²) in [6.07, 6.45) is 5.05. The minimum atomic E-state index is -0.00873. The number of nitrogens with one attached hydrogen (secondary N) is 2. The van der Waals surface area contributed by atoms with E-state index in [1.165, 1.54) is 39.1 Å². The number of likely N-dealkylation sites (N-methyl/N-ethyl adjacent to an activating group) is 1. The molecular weight excluding hydrogens is 302 g/mol. The number of piperazine rings is 1. The van der Waals surface area contributed by atoms with Gasteiger partial charge in [-0.05, 0) is 44.6 Å². The second kappa shape index (κ2) is 8.26. The molecule has 0 saturated carbocycles. The van der Waals surface area contributed by atoms with Crippen molar-refractivity contribution in [2.75, 3.05) is 46.3 Å². The Balaban J connectivity index is 1.31. The van der Waals surface area contributed by atoms with Crippen LogP contribution >= 0.6 is 0 Å². The van der Waals surface area contributed by atoms with Crippen LogP contribution in [0.3, 0.4) is 0 Å². The zero-order chi connectivity index (χ0) is 16.8. The fourth-order valence-electron chi connectivity index (χ4n) is 3.09.